The Labute approximate surface area is 136 Å². The fourth-order valence-corrected chi connectivity index (χ4v) is 2.74. The Bertz CT molecular complexity index is 785. The topological polar surface area (TPSA) is 47.3 Å². The van der Waals surface area contributed by atoms with Gasteiger partial charge in [0.25, 0.3) is 0 Å². The number of hydrogen-bond donors (Lipinski definition) is 1. The Hall–Kier alpha value is -2.75. The molecule has 2 aromatic rings. The quantitative estimate of drug-likeness (QED) is 0.866. The maximum atomic E-state index is 9.49. The zero-order valence-electron chi connectivity index (χ0n) is 12.9. The number of phenolic OH excluding ortho intramolecular Hbond substituents is 1. The Balaban J connectivity index is 1.70. The highest BCUT2D eigenvalue weighted by molar-refractivity contribution is 5.51. The SMILES string of the molecule is N#Cc1cc(C#Cc2ccc(CN3CCCC3)cc2)ccc1O. The van der Waals surface area contributed by atoms with Crippen LogP contribution in [-0.4, -0.2) is 23.1 Å². The first-order chi connectivity index (χ1) is 11.2. The molecule has 3 rings (SSSR count). The Morgan fingerprint density at radius 3 is 2.30 bits per heavy atom. The van der Waals surface area contributed by atoms with Crippen LogP contribution in [0.2, 0.25) is 0 Å². The normalized spacial score (nSPS) is 14.0. The largest absolute Gasteiger partial charge is 0.507 e. The highest BCUT2D eigenvalue weighted by Crippen LogP contribution is 2.17. The molecule has 0 amide bonds. The van der Waals surface area contributed by atoms with Crippen LogP contribution in [0.25, 0.3) is 0 Å². The van der Waals surface area contributed by atoms with Gasteiger partial charge >= 0.3 is 0 Å². The standard InChI is InChI=1S/C20H18N2O/c21-14-19-13-17(9-10-20(19)23)6-3-16-4-7-18(8-5-16)15-22-11-1-2-12-22/h4-5,7-10,13,23H,1-2,11-12,15H2. The monoisotopic (exact) mass is 302 g/mol. The first-order valence-electron chi connectivity index (χ1n) is 7.81. The van der Waals surface area contributed by atoms with Gasteiger partial charge in [0.05, 0.1) is 5.56 Å². The first kappa shape index (κ1) is 15.2. The van der Waals surface area contributed by atoms with Crippen molar-refractivity contribution in [1.82, 2.24) is 4.90 Å². The number of likely N-dealkylation sites (tertiary alicyclic amines) is 1. The van der Waals surface area contributed by atoms with Crippen LogP contribution < -0.4 is 0 Å². The highest BCUT2D eigenvalue weighted by atomic mass is 16.3. The second-order valence-electron chi connectivity index (χ2n) is 5.77. The van der Waals surface area contributed by atoms with Gasteiger partial charge in [-0.15, -0.1) is 0 Å². The van der Waals surface area contributed by atoms with E-state index in [-0.39, 0.29) is 11.3 Å². The molecule has 114 valence electrons. The van der Waals surface area contributed by atoms with Crippen molar-refractivity contribution in [2.75, 3.05) is 13.1 Å². The van der Waals surface area contributed by atoms with E-state index in [1.807, 2.05) is 18.2 Å². The molecule has 0 atom stereocenters. The van der Waals surface area contributed by atoms with Crippen molar-refractivity contribution in [3.63, 3.8) is 0 Å². The third-order valence-electron chi connectivity index (χ3n) is 4.03. The summed E-state index contributed by atoms with van der Waals surface area (Å²) in [6.45, 7) is 3.41. The molecule has 1 N–H and O–H groups in total. The van der Waals surface area contributed by atoms with Crippen molar-refractivity contribution in [1.29, 1.82) is 5.26 Å². The van der Waals surface area contributed by atoms with E-state index in [0.29, 0.717) is 0 Å². The lowest BCUT2D eigenvalue weighted by atomic mass is 10.1. The molecule has 1 fully saturated rings. The number of benzene rings is 2. The molecule has 0 aliphatic carbocycles. The predicted molar refractivity (Wildman–Crippen MR) is 89.8 cm³/mol. The highest BCUT2D eigenvalue weighted by Gasteiger charge is 2.11. The molecular weight excluding hydrogens is 284 g/mol. The molecule has 23 heavy (non-hydrogen) atoms. The second-order valence-corrected chi connectivity index (χ2v) is 5.77. The average Bonchev–Trinajstić information content (AvgIpc) is 3.08. The molecule has 0 bridgehead atoms. The zero-order valence-corrected chi connectivity index (χ0v) is 12.9. The van der Waals surface area contributed by atoms with E-state index in [2.05, 4.69) is 28.9 Å². The molecule has 2 aromatic carbocycles. The molecule has 0 radical (unpaired) electrons. The minimum absolute atomic E-state index is 0.00989. The van der Waals surface area contributed by atoms with Crippen molar-refractivity contribution >= 4 is 0 Å². The number of rotatable bonds is 2. The number of phenols is 1. The maximum Gasteiger partial charge on any atom is 0.133 e. The van der Waals surface area contributed by atoms with Crippen molar-refractivity contribution < 1.29 is 5.11 Å². The van der Waals surface area contributed by atoms with Gasteiger partial charge in [-0.05, 0) is 61.8 Å². The lowest BCUT2D eigenvalue weighted by molar-refractivity contribution is 0.331. The smallest absolute Gasteiger partial charge is 0.133 e. The fourth-order valence-electron chi connectivity index (χ4n) is 2.74. The van der Waals surface area contributed by atoms with E-state index < -0.39 is 0 Å². The van der Waals surface area contributed by atoms with Gasteiger partial charge in [-0.1, -0.05) is 24.0 Å². The van der Waals surface area contributed by atoms with Gasteiger partial charge in [0.15, 0.2) is 0 Å². The average molecular weight is 302 g/mol. The van der Waals surface area contributed by atoms with Gasteiger partial charge in [-0.25, -0.2) is 0 Å². The fraction of sp³-hybridized carbons (Fsp3) is 0.250. The van der Waals surface area contributed by atoms with Gasteiger partial charge < -0.3 is 5.11 Å². The Morgan fingerprint density at radius 1 is 0.957 bits per heavy atom. The van der Waals surface area contributed by atoms with E-state index >= 15 is 0 Å². The summed E-state index contributed by atoms with van der Waals surface area (Å²) in [6.07, 6.45) is 2.61. The lowest BCUT2D eigenvalue weighted by Crippen LogP contribution is -2.18. The zero-order chi connectivity index (χ0) is 16.1. The third-order valence-corrected chi connectivity index (χ3v) is 4.03. The molecule has 3 nitrogen and oxygen atoms in total. The van der Waals surface area contributed by atoms with Crippen molar-refractivity contribution in [2.45, 2.75) is 19.4 Å². The summed E-state index contributed by atoms with van der Waals surface area (Å²) in [5.41, 5.74) is 3.23. The molecule has 0 unspecified atom stereocenters. The molecule has 1 saturated heterocycles. The summed E-state index contributed by atoms with van der Waals surface area (Å²) >= 11 is 0. The van der Waals surface area contributed by atoms with Crippen LogP contribution in [-0.2, 0) is 6.54 Å². The number of aromatic hydroxyl groups is 1. The predicted octanol–water partition coefficient (Wildman–Crippen LogP) is 3.26. The summed E-state index contributed by atoms with van der Waals surface area (Å²) in [4.78, 5) is 2.47. The maximum absolute atomic E-state index is 9.49. The van der Waals surface area contributed by atoms with E-state index in [4.69, 9.17) is 5.26 Å². The molecule has 1 aliphatic rings. The molecule has 1 aliphatic heterocycles. The van der Waals surface area contributed by atoms with E-state index in [1.54, 1.807) is 12.1 Å². The van der Waals surface area contributed by atoms with Gasteiger partial charge in [0, 0.05) is 17.7 Å². The van der Waals surface area contributed by atoms with Crippen LogP contribution in [0.5, 0.6) is 5.75 Å². The van der Waals surface area contributed by atoms with Gasteiger partial charge in [-0.2, -0.15) is 5.26 Å². The second kappa shape index (κ2) is 7.01. The molecule has 1 heterocycles. The van der Waals surface area contributed by atoms with Crippen LogP contribution in [0.4, 0.5) is 0 Å². The Morgan fingerprint density at radius 2 is 1.61 bits per heavy atom. The minimum atomic E-state index is -0.00989. The molecule has 0 aromatic heterocycles. The van der Waals surface area contributed by atoms with Crippen molar-refractivity contribution in [3.05, 3.63) is 64.7 Å². The first-order valence-corrected chi connectivity index (χ1v) is 7.81. The number of nitrogens with zero attached hydrogens (tertiary/aromatic N) is 2. The summed E-state index contributed by atoms with van der Waals surface area (Å²) in [5.74, 6) is 6.12. The number of nitriles is 1. The Kier molecular flexibility index (Phi) is 4.62. The summed E-state index contributed by atoms with van der Waals surface area (Å²) in [5, 5.41) is 18.4. The summed E-state index contributed by atoms with van der Waals surface area (Å²) < 4.78 is 0. The van der Waals surface area contributed by atoms with Gasteiger partial charge in [0.2, 0.25) is 0 Å². The van der Waals surface area contributed by atoms with Crippen LogP contribution >= 0.6 is 0 Å². The van der Waals surface area contributed by atoms with Gasteiger partial charge in [0.1, 0.15) is 11.8 Å². The molecule has 3 heteroatoms. The molecule has 0 spiro atoms. The lowest BCUT2D eigenvalue weighted by Gasteiger charge is -2.14. The van der Waals surface area contributed by atoms with Crippen LogP contribution in [0.1, 0.15) is 35.1 Å². The van der Waals surface area contributed by atoms with Crippen molar-refractivity contribution in [2.24, 2.45) is 0 Å². The van der Waals surface area contributed by atoms with Crippen LogP contribution in [0.3, 0.4) is 0 Å². The summed E-state index contributed by atoms with van der Waals surface area (Å²) in [6, 6.07) is 15.1. The minimum Gasteiger partial charge on any atom is -0.507 e. The molecular formula is C20H18N2O. The van der Waals surface area contributed by atoms with E-state index in [9.17, 15) is 5.11 Å². The van der Waals surface area contributed by atoms with Crippen molar-refractivity contribution in [3.8, 4) is 23.7 Å². The van der Waals surface area contributed by atoms with Gasteiger partial charge in [-0.3, -0.25) is 4.90 Å². The third kappa shape index (κ3) is 3.92. The number of hydrogen-bond acceptors (Lipinski definition) is 3. The van der Waals surface area contributed by atoms with E-state index in [1.165, 1.54) is 37.6 Å². The van der Waals surface area contributed by atoms with E-state index in [0.717, 1.165) is 17.7 Å². The molecule has 0 saturated carbocycles. The summed E-state index contributed by atoms with van der Waals surface area (Å²) in [7, 11) is 0. The van der Waals surface area contributed by atoms with Crippen LogP contribution in [0.15, 0.2) is 42.5 Å². The van der Waals surface area contributed by atoms with Crippen LogP contribution in [0, 0.1) is 23.2 Å².